The molecule has 122 valence electrons. The highest BCUT2D eigenvalue weighted by Gasteiger charge is 2.32. The second-order valence-corrected chi connectivity index (χ2v) is 5.81. The molecule has 0 aromatic carbocycles. The number of carboxylic acids is 1. The van der Waals surface area contributed by atoms with E-state index in [-0.39, 0.29) is 12.6 Å². The molecule has 1 fully saturated rings. The number of carbonyl (C=O) groups is 2. The maximum Gasteiger partial charge on any atom is 0.317 e. The maximum atomic E-state index is 11.9. The van der Waals surface area contributed by atoms with E-state index >= 15 is 0 Å². The zero-order valence-electron chi connectivity index (χ0n) is 12.8. The number of aliphatic carboxylic acids is 1. The zero-order valence-corrected chi connectivity index (χ0v) is 12.8. The van der Waals surface area contributed by atoms with Crippen molar-refractivity contribution in [1.82, 2.24) is 10.2 Å². The minimum atomic E-state index is -0.873. The van der Waals surface area contributed by atoms with Crippen LogP contribution < -0.4 is 5.32 Å². The molecule has 0 spiro atoms. The topological polar surface area (TPSA) is 99.1 Å². The molecule has 0 aromatic heterocycles. The lowest BCUT2D eigenvalue weighted by Crippen LogP contribution is -2.49. The minimum Gasteiger partial charge on any atom is -0.481 e. The third-order valence-electron chi connectivity index (χ3n) is 3.81. The number of nitrogens with zero attached hydrogens (tertiary/aromatic N) is 1. The van der Waals surface area contributed by atoms with Crippen LogP contribution in [0.5, 0.6) is 0 Å². The van der Waals surface area contributed by atoms with E-state index in [9.17, 15) is 14.7 Å². The average Bonchev–Trinajstić information content (AvgIpc) is 2.43. The van der Waals surface area contributed by atoms with E-state index in [2.05, 4.69) is 5.32 Å². The van der Waals surface area contributed by atoms with E-state index in [1.165, 1.54) is 4.90 Å². The molecule has 3 N–H and O–H groups in total. The van der Waals surface area contributed by atoms with Gasteiger partial charge in [-0.25, -0.2) is 4.79 Å². The molecule has 0 radical (unpaired) electrons. The van der Waals surface area contributed by atoms with Gasteiger partial charge >= 0.3 is 12.0 Å². The Morgan fingerprint density at radius 2 is 2.00 bits per heavy atom. The second-order valence-electron chi connectivity index (χ2n) is 5.81. The third kappa shape index (κ3) is 6.31. The molecule has 21 heavy (non-hydrogen) atoms. The molecule has 1 aliphatic rings. The molecule has 1 heterocycles. The first kappa shape index (κ1) is 17.7. The average molecular weight is 302 g/mol. The van der Waals surface area contributed by atoms with Gasteiger partial charge in [-0.2, -0.15) is 0 Å². The molecule has 0 aromatic rings. The van der Waals surface area contributed by atoms with Gasteiger partial charge in [-0.1, -0.05) is 6.92 Å². The molecule has 1 atom stereocenters. The standard InChI is InChI=1S/C14H26N2O5/c1-11(12(17)18)4-3-7-15-13(19)16(2)10-14(20)5-8-21-9-6-14/h11,20H,3-10H2,1-2H3,(H,15,19)(H,17,18). The largest absolute Gasteiger partial charge is 0.481 e. The van der Waals surface area contributed by atoms with Gasteiger partial charge in [0.2, 0.25) is 0 Å². The van der Waals surface area contributed by atoms with Crippen LogP contribution in [0.4, 0.5) is 4.79 Å². The first-order valence-corrected chi connectivity index (χ1v) is 7.36. The molecule has 7 nitrogen and oxygen atoms in total. The summed E-state index contributed by atoms with van der Waals surface area (Å²) in [6, 6.07) is -0.252. The van der Waals surface area contributed by atoms with E-state index in [4.69, 9.17) is 9.84 Å². The predicted molar refractivity (Wildman–Crippen MR) is 77.1 cm³/mol. The summed E-state index contributed by atoms with van der Waals surface area (Å²) < 4.78 is 5.20. The molecule has 1 unspecified atom stereocenters. The van der Waals surface area contributed by atoms with Crippen molar-refractivity contribution < 1.29 is 24.5 Å². The van der Waals surface area contributed by atoms with Gasteiger partial charge in [0, 0.05) is 39.6 Å². The number of aliphatic hydroxyl groups is 1. The molecular weight excluding hydrogens is 276 g/mol. The Labute approximate surface area is 125 Å². The summed E-state index contributed by atoms with van der Waals surface area (Å²) >= 11 is 0. The van der Waals surface area contributed by atoms with Gasteiger partial charge in [0.1, 0.15) is 0 Å². The van der Waals surface area contributed by atoms with Crippen LogP contribution in [0.15, 0.2) is 0 Å². The zero-order chi connectivity index (χ0) is 15.9. The fourth-order valence-electron chi connectivity index (χ4n) is 2.28. The normalized spacial score (nSPS) is 18.8. The highest BCUT2D eigenvalue weighted by Crippen LogP contribution is 2.21. The Balaban J connectivity index is 2.23. The smallest absolute Gasteiger partial charge is 0.317 e. The predicted octanol–water partition coefficient (Wildman–Crippen LogP) is 0.670. The summed E-state index contributed by atoms with van der Waals surface area (Å²) in [5.74, 6) is -1.22. The van der Waals surface area contributed by atoms with Crippen LogP contribution >= 0.6 is 0 Å². The number of urea groups is 1. The van der Waals surface area contributed by atoms with E-state index in [1.807, 2.05) is 0 Å². The highest BCUT2D eigenvalue weighted by atomic mass is 16.5. The van der Waals surface area contributed by atoms with Crippen molar-refractivity contribution in [2.75, 3.05) is 33.4 Å². The highest BCUT2D eigenvalue weighted by molar-refractivity contribution is 5.73. The Bertz CT molecular complexity index is 355. The van der Waals surface area contributed by atoms with E-state index in [0.717, 1.165) is 0 Å². The van der Waals surface area contributed by atoms with Gasteiger partial charge in [-0.15, -0.1) is 0 Å². The van der Waals surface area contributed by atoms with Crippen molar-refractivity contribution in [3.63, 3.8) is 0 Å². The van der Waals surface area contributed by atoms with Crippen LogP contribution in [-0.4, -0.2) is 66.1 Å². The van der Waals surface area contributed by atoms with Crippen molar-refractivity contribution in [3.8, 4) is 0 Å². The van der Waals surface area contributed by atoms with Crippen molar-refractivity contribution in [3.05, 3.63) is 0 Å². The second kappa shape index (κ2) is 8.19. The third-order valence-corrected chi connectivity index (χ3v) is 3.81. The van der Waals surface area contributed by atoms with E-state index < -0.39 is 17.5 Å². The number of hydrogen-bond donors (Lipinski definition) is 3. The lowest BCUT2D eigenvalue weighted by atomic mass is 9.94. The van der Waals surface area contributed by atoms with Gasteiger partial charge in [0.25, 0.3) is 0 Å². The lowest BCUT2D eigenvalue weighted by molar-refractivity contribution is -0.141. The maximum absolute atomic E-state index is 11.9. The summed E-state index contributed by atoms with van der Waals surface area (Å²) in [4.78, 5) is 24.0. The lowest BCUT2D eigenvalue weighted by Gasteiger charge is -2.35. The molecule has 0 aliphatic carbocycles. The monoisotopic (exact) mass is 302 g/mol. The summed E-state index contributed by atoms with van der Waals surface area (Å²) in [5.41, 5.74) is -0.873. The van der Waals surface area contributed by atoms with Gasteiger partial charge in [-0.05, 0) is 12.8 Å². The number of amides is 2. The SMILES string of the molecule is CC(CCCNC(=O)N(C)CC1(O)CCOCC1)C(=O)O. The van der Waals surface area contributed by atoms with Crippen LogP contribution in [-0.2, 0) is 9.53 Å². The summed E-state index contributed by atoms with van der Waals surface area (Å²) in [7, 11) is 1.64. The Morgan fingerprint density at radius 1 is 1.38 bits per heavy atom. The van der Waals surface area contributed by atoms with Gasteiger partial charge in [-0.3, -0.25) is 4.79 Å². The van der Waals surface area contributed by atoms with Gasteiger partial charge < -0.3 is 25.2 Å². The molecule has 1 saturated heterocycles. The molecule has 7 heteroatoms. The first-order chi connectivity index (χ1) is 9.84. The number of nitrogens with one attached hydrogen (secondary N) is 1. The quantitative estimate of drug-likeness (QED) is 0.600. The Morgan fingerprint density at radius 3 is 2.57 bits per heavy atom. The van der Waals surface area contributed by atoms with Crippen LogP contribution in [0, 0.1) is 5.92 Å². The molecule has 0 bridgehead atoms. The number of likely N-dealkylation sites (N-methyl/N-ethyl adjacent to an activating group) is 1. The van der Waals surface area contributed by atoms with Gasteiger partial charge in [0.15, 0.2) is 0 Å². The Kier molecular flexibility index (Phi) is 6.91. The van der Waals surface area contributed by atoms with E-state index in [0.29, 0.717) is 45.4 Å². The minimum absolute atomic E-state index is 0.252. The number of carboxylic acid groups (broad SMARTS) is 1. The fraction of sp³-hybridized carbons (Fsp3) is 0.857. The van der Waals surface area contributed by atoms with Crippen LogP contribution in [0.1, 0.15) is 32.6 Å². The first-order valence-electron chi connectivity index (χ1n) is 7.36. The number of carbonyl (C=O) groups excluding carboxylic acids is 1. The number of hydrogen-bond acceptors (Lipinski definition) is 4. The van der Waals surface area contributed by atoms with Crippen molar-refractivity contribution in [2.45, 2.75) is 38.2 Å². The number of ether oxygens (including phenoxy) is 1. The van der Waals surface area contributed by atoms with Crippen LogP contribution in [0.2, 0.25) is 0 Å². The van der Waals surface area contributed by atoms with Gasteiger partial charge in [0.05, 0.1) is 18.1 Å². The van der Waals surface area contributed by atoms with Crippen LogP contribution in [0.25, 0.3) is 0 Å². The van der Waals surface area contributed by atoms with Crippen molar-refractivity contribution >= 4 is 12.0 Å². The number of rotatable bonds is 7. The molecule has 0 saturated carbocycles. The van der Waals surface area contributed by atoms with Crippen molar-refractivity contribution in [2.24, 2.45) is 5.92 Å². The molecule has 2 amide bonds. The summed E-state index contributed by atoms with van der Waals surface area (Å²) in [5, 5.41) is 21.8. The summed E-state index contributed by atoms with van der Waals surface area (Å²) in [6.45, 7) is 3.38. The molecule has 1 aliphatic heterocycles. The van der Waals surface area contributed by atoms with Crippen molar-refractivity contribution in [1.29, 1.82) is 0 Å². The van der Waals surface area contributed by atoms with Crippen LogP contribution in [0.3, 0.4) is 0 Å². The molecule has 1 rings (SSSR count). The molecular formula is C14H26N2O5. The van der Waals surface area contributed by atoms with E-state index in [1.54, 1.807) is 14.0 Å². The fourth-order valence-corrected chi connectivity index (χ4v) is 2.28. The summed E-state index contributed by atoms with van der Waals surface area (Å²) in [6.07, 6.45) is 2.20. The Hall–Kier alpha value is -1.34.